The summed E-state index contributed by atoms with van der Waals surface area (Å²) in [5.74, 6) is 0.217. The zero-order valence-electron chi connectivity index (χ0n) is 13.9. The second-order valence-corrected chi connectivity index (χ2v) is 8.30. The maximum Gasteiger partial charge on any atom is 0.234 e. The zero-order chi connectivity index (χ0) is 17.6. The third-order valence-corrected chi connectivity index (χ3v) is 5.82. The first-order valence-corrected chi connectivity index (χ1v) is 9.98. The van der Waals surface area contributed by atoms with Crippen LogP contribution < -0.4 is 5.32 Å². The van der Waals surface area contributed by atoms with Crippen molar-refractivity contribution < 1.29 is 4.79 Å². The van der Waals surface area contributed by atoms with E-state index in [-0.39, 0.29) is 16.9 Å². The Bertz CT molecular complexity index is 781. The molecule has 8 heteroatoms. The molecule has 25 heavy (non-hydrogen) atoms. The first-order valence-electron chi connectivity index (χ1n) is 8.12. The minimum absolute atomic E-state index is 0.0728. The number of aromatic nitrogens is 3. The van der Waals surface area contributed by atoms with E-state index in [9.17, 15) is 4.79 Å². The summed E-state index contributed by atoms with van der Waals surface area (Å²) in [6, 6.07) is 10.4. The zero-order valence-corrected chi connectivity index (χ0v) is 15.5. The van der Waals surface area contributed by atoms with Gasteiger partial charge in [0.2, 0.25) is 5.91 Å². The number of hydrogen-bond donors (Lipinski definition) is 1. The van der Waals surface area contributed by atoms with Gasteiger partial charge in [-0.25, -0.2) is 0 Å². The number of nitrogens with one attached hydrogen (secondary N) is 1. The Morgan fingerprint density at radius 2 is 2.28 bits per heavy atom. The molecule has 1 fully saturated rings. The Hall–Kier alpha value is -1.98. The molecule has 1 aliphatic rings. The van der Waals surface area contributed by atoms with Crippen LogP contribution in [0.1, 0.15) is 32.2 Å². The number of para-hydroxylation sites is 1. The van der Waals surface area contributed by atoms with Crippen LogP contribution in [0.2, 0.25) is 0 Å². The molecule has 0 saturated heterocycles. The summed E-state index contributed by atoms with van der Waals surface area (Å²) < 4.78 is 2.05. The number of nitrogens with zero attached hydrogens (tertiary/aromatic N) is 4. The molecule has 0 radical (unpaired) electrons. The molecule has 3 rings (SSSR count). The van der Waals surface area contributed by atoms with Crippen LogP contribution in [0.3, 0.4) is 0 Å². The molecule has 6 nitrogen and oxygen atoms in total. The van der Waals surface area contributed by atoms with E-state index in [1.54, 1.807) is 18.1 Å². The van der Waals surface area contributed by atoms with Gasteiger partial charge in [-0.2, -0.15) is 5.26 Å². The Morgan fingerprint density at radius 3 is 3.04 bits per heavy atom. The second kappa shape index (κ2) is 8.41. The highest BCUT2D eigenvalue weighted by Gasteiger charge is 2.26. The normalized spacial score (nSPS) is 14.7. The minimum Gasteiger partial charge on any atom is -0.324 e. The van der Waals surface area contributed by atoms with Crippen molar-refractivity contribution in [1.29, 1.82) is 5.26 Å². The lowest BCUT2D eigenvalue weighted by atomic mass is 10.3. The molecule has 130 valence electrons. The lowest BCUT2D eigenvalue weighted by molar-refractivity contribution is -0.113. The predicted octanol–water partition coefficient (Wildman–Crippen LogP) is 3.74. The maximum atomic E-state index is 12.3. The molecule has 1 atom stereocenters. The number of amides is 1. The van der Waals surface area contributed by atoms with Gasteiger partial charge in [0.25, 0.3) is 0 Å². The first-order chi connectivity index (χ1) is 12.2. The Morgan fingerprint density at radius 1 is 1.48 bits per heavy atom. The van der Waals surface area contributed by atoms with E-state index in [2.05, 4.69) is 21.6 Å². The second-order valence-electron chi connectivity index (χ2n) is 5.88. The summed E-state index contributed by atoms with van der Waals surface area (Å²) in [6.45, 7) is 2.01. The first kappa shape index (κ1) is 17.8. The molecule has 0 spiro atoms. The van der Waals surface area contributed by atoms with Crippen LogP contribution in [0.25, 0.3) is 0 Å². The molecule has 1 N–H and O–H groups in total. The van der Waals surface area contributed by atoms with Crippen LogP contribution in [0, 0.1) is 11.3 Å². The average molecular weight is 374 g/mol. The third-order valence-electron chi connectivity index (χ3n) is 3.68. The number of anilines is 1. The molecule has 1 aromatic heterocycles. The fraction of sp³-hybridized carbons (Fsp3) is 0.412. The van der Waals surface area contributed by atoms with Crippen molar-refractivity contribution in [2.24, 2.45) is 0 Å². The number of carbonyl (C=O) groups excluding carboxylic acids is 1. The van der Waals surface area contributed by atoms with Gasteiger partial charge < -0.3 is 9.88 Å². The number of rotatable bonds is 8. The molecular formula is C17H19N5OS2. The van der Waals surface area contributed by atoms with E-state index in [1.165, 1.54) is 11.8 Å². The van der Waals surface area contributed by atoms with Crippen LogP contribution in [-0.4, -0.2) is 31.7 Å². The summed E-state index contributed by atoms with van der Waals surface area (Å²) in [6.07, 6.45) is 4.52. The van der Waals surface area contributed by atoms with Crippen LogP contribution >= 0.6 is 23.5 Å². The molecule has 1 aliphatic carbocycles. The maximum absolute atomic E-state index is 12.3. The molecule has 0 bridgehead atoms. The van der Waals surface area contributed by atoms with Crippen molar-refractivity contribution in [1.82, 2.24) is 14.8 Å². The van der Waals surface area contributed by atoms with Crippen molar-refractivity contribution in [2.45, 2.75) is 47.5 Å². The van der Waals surface area contributed by atoms with Gasteiger partial charge in [0, 0.05) is 22.6 Å². The molecule has 2 aromatic rings. The Balaban J connectivity index is 1.57. The lowest BCUT2D eigenvalue weighted by Gasteiger charge is -2.13. The number of benzene rings is 1. The van der Waals surface area contributed by atoms with Crippen molar-refractivity contribution in [3.63, 3.8) is 0 Å². The summed E-state index contributed by atoms with van der Waals surface area (Å²) in [5.41, 5.74) is 0.784. The van der Waals surface area contributed by atoms with Crippen LogP contribution in [0.5, 0.6) is 0 Å². The quantitative estimate of drug-likeness (QED) is 0.710. The van der Waals surface area contributed by atoms with E-state index in [1.807, 2.05) is 35.8 Å². The van der Waals surface area contributed by atoms with Crippen LogP contribution in [0.4, 0.5) is 5.69 Å². The monoisotopic (exact) mass is 373 g/mol. The predicted molar refractivity (Wildman–Crippen MR) is 99.6 cm³/mol. The van der Waals surface area contributed by atoms with Crippen molar-refractivity contribution in [3.05, 3.63) is 30.6 Å². The minimum atomic E-state index is -0.0728. The van der Waals surface area contributed by atoms with Crippen LogP contribution in [-0.2, 0) is 4.79 Å². The Kier molecular flexibility index (Phi) is 6.00. The number of carbonyl (C=O) groups is 1. The molecule has 0 aliphatic heterocycles. The summed E-state index contributed by atoms with van der Waals surface area (Å²) in [5, 5.41) is 20.8. The number of hydrogen-bond acceptors (Lipinski definition) is 6. The van der Waals surface area contributed by atoms with Gasteiger partial charge in [-0.1, -0.05) is 30.8 Å². The van der Waals surface area contributed by atoms with Gasteiger partial charge in [0.05, 0.1) is 17.5 Å². The molecule has 1 heterocycles. The van der Waals surface area contributed by atoms with Gasteiger partial charge in [0.1, 0.15) is 6.33 Å². The van der Waals surface area contributed by atoms with Crippen molar-refractivity contribution in [2.75, 3.05) is 11.1 Å². The van der Waals surface area contributed by atoms with Gasteiger partial charge in [-0.05, 0) is 25.0 Å². The van der Waals surface area contributed by atoms with Gasteiger partial charge in [-0.15, -0.1) is 22.0 Å². The van der Waals surface area contributed by atoms with E-state index < -0.39 is 0 Å². The fourth-order valence-corrected chi connectivity index (χ4v) is 4.09. The summed E-state index contributed by atoms with van der Waals surface area (Å²) >= 11 is 3.00. The van der Waals surface area contributed by atoms with E-state index in [0.717, 1.165) is 28.6 Å². The molecule has 1 unspecified atom stereocenters. The smallest absolute Gasteiger partial charge is 0.234 e. The summed E-state index contributed by atoms with van der Waals surface area (Å²) in [4.78, 5) is 13.3. The van der Waals surface area contributed by atoms with E-state index >= 15 is 0 Å². The van der Waals surface area contributed by atoms with Gasteiger partial charge >= 0.3 is 0 Å². The summed E-state index contributed by atoms with van der Waals surface area (Å²) in [7, 11) is 0. The number of nitriles is 1. The highest BCUT2D eigenvalue weighted by molar-refractivity contribution is 8.00. The molecule has 1 aromatic carbocycles. The highest BCUT2D eigenvalue weighted by Crippen LogP contribution is 2.37. The van der Waals surface area contributed by atoms with Crippen LogP contribution in [0.15, 0.2) is 40.6 Å². The van der Waals surface area contributed by atoms with Crippen molar-refractivity contribution >= 4 is 35.1 Å². The molecular weight excluding hydrogens is 354 g/mol. The highest BCUT2D eigenvalue weighted by atomic mass is 32.2. The van der Waals surface area contributed by atoms with Gasteiger partial charge in [-0.3, -0.25) is 4.79 Å². The van der Waals surface area contributed by atoms with E-state index in [4.69, 9.17) is 5.26 Å². The SMILES string of the molecule is CC(CC#N)Sc1ccccc1NC(=O)CSc1nncn1C1CC1. The standard InChI is InChI=1S/C17H19N5OS2/c1-12(8-9-18)25-15-5-3-2-4-14(15)20-16(23)10-24-17-21-19-11-22(17)13-6-7-13/h2-5,11-13H,6-8,10H2,1H3,(H,20,23). The van der Waals surface area contributed by atoms with E-state index in [0.29, 0.717) is 12.5 Å². The van der Waals surface area contributed by atoms with Gasteiger partial charge in [0.15, 0.2) is 5.16 Å². The third kappa shape index (κ3) is 5.00. The average Bonchev–Trinajstić information content (AvgIpc) is 3.33. The topological polar surface area (TPSA) is 83.6 Å². The lowest BCUT2D eigenvalue weighted by Crippen LogP contribution is -2.15. The Labute approximate surface area is 155 Å². The molecule has 1 saturated carbocycles. The van der Waals surface area contributed by atoms with Crippen molar-refractivity contribution in [3.8, 4) is 6.07 Å². The fourth-order valence-electron chi connectivity index (χ4n) is 2.31. The molecule has 1 amide bonds. The largest absolute Gasteiger partial charge is 0.324 e. The number of thioether (sulfide) groups is 2.